The maximum atomic E-state index is 12.2. The number of ether oxygens (including phenoxy) is 3. The molecule has 6 nitrogen and oxygen atoms in total. The zero-order valence-electron chi connectivity index (χ0n) is 14.6. The van der Waals surface area contributed by atoms with Crippen molar-refractivity contribution in [3.05, 3.63) is 35.9 Å². The zero-order chi connectivity index (χ0) is 17.6. The molecule has 2 rings (SSSR count). The standard InChI is InChI=1S/C18H27NO5/c1-18(2,3)24-17(21)19-9-15(11-20)23-16(10-19)13-22-12-14-7-5-4-6-8-14/h4-8,15-16,20H,9-13H2,1-3H3/t15-,16-/m0/s1. The third-order valence-electron chi connectivity index (χ3n) is 3.50. The van der Waals surface area contributed by atoms with Crippen LogP contribution in [0.5, 0.6) is 0 Å². The first-order chi connectivity index (χ1) is 11.4. The van der Waals surface area contributed by atoms with Crippen LogP contribution in [0.4, 0.5) is 4.79 Å². The number of morpholine rings is 1. The minimum Gasteiger partial charge on any atom is -0.444 e. The van der Waals surface area contributed by atoms with Crippen LogP contribution in [-0.2, 0) is 20.8 Å². The van der Waals surface area contributed by atoms with E-state index in [1.54, 1.807) is 4.90 Å². The molecule has 1 aliphatic rings. The van der Waals surface area contributed by atoms with Gasteiger partial charge in [-0.05, 0) is 26.3 Å². The van der Waals surface area contributed by atoms with Gasteiger partial charge in [-0.3, -0.25) is 0 Å². The Morgan fingerprint density at radius 1 is 1.25 bits per heavy atom. The summed E-state index contributed by atoms with van der Waals surface area (Å²) in [4.78, 5) is 13.8. The highest BCUT2D eigenvalue weighted by Gasteiger charge is 2.32. The van der Waals surface area contributed by atoms with E-state index in [-0.39, 0.29) is 12.7 Å². The molecule has 1 amide bonds. The molecule has 1 aromatic carbocycles. The fraction of sp³-hybridized carbons (Fsp3) is 0.611. The van der Waals surface area contributed by atoms with Crippen molar-refractivity contribution in [2.45, 2.75) is 45.2 Å². The van der Waals surface area contributed by atoms with Crippen LogP contribution in [0.3, 0.4) is 0 Å². The summed E-state index contributed by atoms with van der Waals surface area (Å²) >= 11 is 0. The van der Waals surface area contributed by atoms with Crippen LogP contribution >= 0.6 is 0 Å². The van der Waals surface area contributed by atoms with Crippen LogP contribution in [0.25, 0.3) is 0 Å². The number of carbonyl (C=O) groups excluding carboxylic acids is 1. The van der Waals surface area contributed by atoms with Crippen LogP contribution in [0.1, 0.15) is 26.3 Å². The van der Waals surface area contributed by atoms with E-state index < -0.39 is 17.8 Å². The first kappa shape index (κ1) is 18.7. The van der Waals surface area contributed by atoms with Crippen molar-refractivity contribution in [2.24, 2.45) is 0 Å². The number of hydrogen-bond acceptors (Lipinski definition) is 5. The quantitative estimate of drug-likeness (QED) is 0.892. The number of benzene rings is 1. The molecule has 134 valence electrons. The first-order valence-corrected chi connectivity index (χ1v) is 8.23. The Hall–Kier alpha value is -1.63. The van der Waals surface area contributed by atoms with Gasteiger partial charge in [-0.2, -0.15) is 0 Å². The molecule has 0 unspecified atom stereocenters. The summed E-state index contributed by atoms with van der Waals surface area (Å²) in [5.74, 6) is 0. The highest BCUT2D eigenvalue weighted by atomic mass is 16.6. The summed E-state index contributed by atoms with van der Waals surface area (Å²) in [5.41, 5.74) is 0.527. The topological polar surface area (TPSA) is 68.2 Å². The molecule has 6 heteroatoms. The number of nitrogens with zero attached hydrogens (tertiary/aromatic N) is 1. The SMILES string of the molecule is CC(C)(C)OC(=O)N1C[C@@H](CO)O[C@H](COCc2ccccc2)C1. The second kappa shape index (κ2) is 8.46. The Balaban J connectivity index is 1.86. The maximum Gasteiger partial charge on any atom is 0.410 e. The lowest BCUT2D eigenvalue weighted by Gasteiger charge is -2.37. The van der Waals surface area contributed by atoms with E-state index in [1.807, 2.05) is 51.1 Å². The molecule has 2 atom stereocenters. The summed E-state index contributed by atoms with van der Waals surface area (Å²) in [6, 6.07) is 9.86. The highest BCUT2D eigenvalue weighted by Crippen LogP contribution is 2.16. The molecule has 0 spiro atoms. The Labute approximate surface area is 143 Å². The monoisotopic (exact) mass is 337 g/mol. The van der Waals surface area contributed by atoms with Gasteiger partial charge in [-0.15, -0.1) is 0 Å². The van der Waals surface area contributed by atoms with E-state index in [0.717, 1.165) is 5.56 Å². The van der Waals surface area contributed by atoms with Gasteiger partial charge in [-0.1, -0.05) is 30.3 Å². The van der Waals surface area contributed by atoms with Gasteiger partial charge in [0.25, 0.3) is 0 Å². The summed E-state index contributed by atoms with van der Waals surface area (Å²) in [6.07, 6.45) is -1.10. The lowest BCUT2D eigenvalue weighted by molar-refractivity contribution is -0.126. The van der Waals surface area contributed by atoms with Gasteiger partial charge in [-0.25, -0.2) is 4.79 Å². The number of aliphatic hydroxyl groups is 1. The van der Waals surface area contributed by atoms with Crippen molar-refractivity contribution in [3.63, 3.8) is 0 Å². The largest absolute Gasteiger partial charge is 0.444 e. The van der Waals surface area contributed by atoms with Crippen molar-refractivity contribution < 1.29 is 24.1 Å². The summed E-state index contributed by atoms with van der Waals surface area (Å²) in [5, 5.41) is 9.40. The van der Waals surface area contributed by atoms with E-state index in [9.17, 15) is 9.90 Å². The Morgan fingerprint density at radius 2 is 1.92 bits per heavy atom. The lowest BCUT2D eigenvalue weighted by Crippen LogP contribution is -2.53. The minimum atomic E-state index is -0.552. The predicted molar refractivity (Wildman–Crippen MR) is 89.7 cm³/mol. The molecular weight excluding hydrogens is 310 g/mol. The zero-order valence-corrected chi connectivity index (χ0v) is 14.6. The molecule has 0 radical (unpaired) electrons. The second-order valence-electron chi connectivity index (χ2n) is 6.95. The summed E-state index contributed by atoms with van der Waals surface area (Å²) in [7, 11) is 0. The third-order valence-corrected chi connectivity index (χ3v) is 3.50. The molecular formula is C18H27NO5. The molecule has 1 aromatic rings. The van der Waals surface area contributed by atoms with Gasteiger partial charge in [0.05, 0.1) is 45.1 Å². The average Bonchev–Trinajstić information content (AvgIpc) is 2.54. The molecule has 1 aliphatic heterocycles. The van der Waals surface area contributed by atoms with Crippen molar-refractivity contribution in [1.82, 2.24) is 4.90 Å². The first-order valence-electron chi connectivity index (χ1n) is 8.23. The van der Waals surface area contributed by atoms with Gasteiger partial charge in [0, 0.05) is 0 Å². The Bertz CT molecular complexity index is 514. The van der Waals surface area contributed by atoms with E-state index in [4.69, 9.17) is 14.2 Å². The molecule has 1 fully saturated rings. The maximum absolute atomic E-state index is 12.2. The Morgan fingerprint density at radius 3 is 2.54 bits per heavy atom. The smallest absolute Gasteiger partial charge is 0.410 e. The number of rotatable bonds is 5. The molecule has 1 N–H and O–H groups in total. The molecule has 0 aliphatic carbocycles. The van der Waals surface area contributed by atoms with Crippen molar-refractivity contribution in [1.29, 1.82) is 0 Å². The van der Waals surface area contributed by atoms with Gasteiger partial charge < -0.3 is 24.2 Å². The molecule has 24 heavy (non-hydrogen) atoms. The molecule has 1 saturated heterocycles. The van der Waals surface area contributed by atoms with E-state index in [0.29, 0.717) is 26.3 Å². The van der Waals surface area contributed by atoms with Crippen LogP contribution in [0.15, 0.2) is 30.3 Å². The van der Waals surface area contributed by atoms with Crippen LogP contribution in [-0.4, -0.2) is 60.2 Å². The molecule has 0 bridgehead atoms. The van der Waals surface area contributed by atoms with E-state index in [1.165, 1.54) is 0 Å². The van der Waals surface area contributed by atoms with Crippen molar-refractivity contribution in [3.8, 4) is 0 Å². The second-order valence-corrected chi connectivity index (χ2v) is 6.95. The van der Waals surface area contributed by atoms with E-state index >= 15 is 0 Å². The highest BCUT2D eigenvalue weighted by molar-refractivity contribution is 5.68. The predicted octanol–water partition coefficient (Wildman–Crippen LogP) is 2.20. The average molecular weight is 337 g/mol. The number of aliphatic hydroxyl groups excluding tert-OH is 1. The summed E-state index contributed by atoms with van der Waals surface area (Å²) < 4.78 is 16.9. The van der Waals surface area contributed by atoms with Crippen molar-refractivity contribution in [2.75, 3.05) is 26.3 Å². The van der Waals surface area contributed by atoms with Crippen LogP contribution in [0, 0.1) is 0 Å². The van der Waals surface area contributed by atoms with Gasteiger partial charge in [0.1, 0.15) is 5.60 Å². The molecule has 0 aromatic heterocycles. The van der Waals surface area contributed by atoms with Crippen LogP contribution in [0.2, 0.25) is 0 Å². The van der Waals surface area contributed by atoms with Gasteiger partial charge >= 0.3 is 6.09 Å². The minimum absolute atomic E-state index is 0.144. The molecule has 1 heterocycles. The third kappa shape index (κ3) is 6.11. The number of hydrogen-bond donors (Lipinski definition) is 1. The van der Waals surface area contributed by atoms with Crippen LogP contribution < -0.4 is 0 Å². The normalized spacial score (nSPS) is 21.6. The fourth-order valence-electron chi connectivity index (χ4n) is 2.48. The summed E-state index contributed by atoms with van der Waals surface area (Å²) in [6.45, 7) is 6.89. The van der Waals surface area contributed by atoms with Gasteiger partial charge in [0.15, 0.2) is 0 Å². The van der Waals surface area contributed by atoms with Gasteiger partial charge in [0.2, 0.25) is 0 Å². The van der Waals surface area contributed by atoms with E-state index in [2.05, 4.69) is 0 Å². The fourth-order valence-corrected chi connectivity index (χ4v) is 2.48. The number of carbonyl (C=O) groups is 1. The molecule has 0 saturated carbocycles. The number of amides is 1. The lowest BCUT2D eigenvalue weighted by atomic mass is 10.2. The van der Waals surface area contributed by atoms with Crippen molar-refractivity contribution >= 4 is 6.09 Å². The Kier molecular flexibility index (Phi) is 6.60.